The third-order valence-corrected chi connectivity index (χ3v) is 2.48. The molecular formula is C11H17NOS. The molecule has 3 heteroatoms. The molecule has 0 aliphatic heterocycles. The summed E-state index contributed by atoms with van der Waals surface area (Å²) in [6.45, 7) is 3.83. The van der Waals surface area contributed by atoms with Gasteiger partial charge in [-0.3, -0.25) is 4.79 Å². The van der Waals surface area contributed by atoms with E-state index in [0.29, 0.717) is 5.57 Å². The van der Waals surface area contributed by atoms with E-state index in [1.54, 1.807) is 31.8 Å². The summed E-state index contributed by atoms with van der Waals surface area (Å²) in [5, 5.41) is 2.56. The van der Waals surface area contributed by atoms with Crippen LogP contribution in [0.1, 0.15) is 13.8 Å². The first-order valence-corrected chi connectivity index (χ1v) is 5.62. The van der Waals surface area contributed by atoms with Gasteiger partial charge in [0.2, 0.25) is 5.91 Å². The average molecular weight is 211 g/mol. The van der Waals surface area contributed by atoms with Crippen LogP contribution in [0.2, 0.25) is 0 Å². The van der Waals surface area contributed by atoms with Gasteiger partial charge >= 0.3 is 0 Å². The predicted octanol–water partition coefficient (Wildman–Crippen LogP) is 2.50. The molecule has 2 nitrogen and oxygen atoms in total. The fourth-order valence-electron chi connectivity index (χ4n) is 0.732. The van der Waals surface area contributed by atoms with Crippen molar-refractivity contribution in [2.75, 3.05) is 13.3 Å². The lowest BCUT2D eigenvalue weighted by Gasteiger charge is -1.95. The van der Waals surface area contributed by atoms with Crippen LogP contribution in [0.15, 0.2) is 34.8 Å². The van der Waals surface area contributed by atoms with E-state index in [9.17, 15) is 4.79 Å². The quantitative estimate of drug-likeness (QED) is 0.572. The van der Waals surface area contributed by atoms with Crippen LogP contribution < -0.4 is 5.32 Å². The van der Waals surface area contributed by atoms with Crippen LogP contribution in [0.25, 0.3) is 0 Å². The molecule has 0 rings (SSSR count). The molecule has 0 unspecified atom stereocenters. The number of amides is 1. The maximum Gasteiger partial charge on any atom is 0.246 e. The zero-order valence-electron chi connectivity index (χ0n) is 9.13. The lowest BCUT2D eigenvalue weighted by Crippen LogP contribution is -2.18. The molecule has 0 aliphatic rings. The van der Waals surface area contributed by atoms with E-state index in [1.807, 2.05) is 31.4 Å². The zero-order chi connectivity index (χ0) is 11.0. The summed E-state index contributed by atoms with van der Waals surface area (Å²) < 4.78 is 0. The van der Waals surface area contributed by atoms with E-state index >= 15 is 0 Å². The van der Waals surface area contributed by atoms with Crippen molar-refractivity contribution in [1.82, 2.24) is 5.32 Å². The highest BCUT2D eigenvalue weighted by Gasteiger charge is 1.96. The largest absolute Gasteiger partial charge is 0.355 e. The van der Waals surface area contributed by atoms with Crippen LogP contribution in [0.5, 0.6) is 0 Å². The van der Waals surface area contributed by atoms with Crippen LogP contribution in [-0.4, -0.2) is 19.2 Å². The number of nitrogens with one attached hydrogen (secondary N) is 1. The Morgan fingerprint density at radius 3 is 2.29 bits per heavy atom. The summed E-state index contributed by atoms with van der Waals surface area (Å²) in [6, 6.07) is 0. The van der Waals surface area contributed by atoms with E-state index in [-0.39, 0.29) is 5.91 Å². The molecule has 0 aromatic heterocycles. The lowest BCUT2D eigenvalue weighted by molar-refractivity contribution is -0.116. The molecule has 0 aliphatic carbocycles. The smallest absolute Gasteiger partial charge is 0.246 e. The fraction of sp³-hybridized carbons (Fsp3) is 0.364. The second-order valence-electron chi connectivity index (χ2n) is 2.80. The van der Waals surface area contributed by atoms with Gasteiger partial charge in [-0.05, 0) is 25.0 Å². The number of carbonyl (C=O) groups excluding carboxylic acids is 1. The highest BCUT2D eigenvalue weighted by atomic mass is 32.2. The molecule has 0 heterocycles. The van der Waals surface area contributed by atoms with Crippen molar-refractivity contribution >= 4 is 17.7 Å². The molecule has 0 radical (unpaired) electrons. The van der Waals surface area contributed by atoms with Crippen LogP contribution in [0.4, 0.5) is 0 Å². The summed E-state index contributed by atoms with van der Waals surface area (Å²) in [5.74, 6) is -0.0415. The van der Waals surface area contributed by atoms with Crippen LogP contribution in [-0.2, 0) is 4.79 Å². The molecule has 0 aromatic carbocycles. The molecule has 14 heavy (non-hydrogen) atoms. The van der Waals surface area contributed by atoms with E-state index in [2.05, 4.69) is 5.32 Å². The number of allylic oxidation sites excluding steroid dienone is 5. The number of rotatable bonds is 4. The van der Waals surface area contributed by atoms with Gasteiger partial charge in [-0.1, -0.05) is 24.3 Å². The molecular weight excluding hydrogens is 194 g/mol. The predicted molar refractivity (Wildman–Crippen MR) is 64.2 cm³/mol. The topological polar surface area (TPSA) is 29.1 Å². The van der Waals surface area contributed by atoms with E-state index in [4.69, 9.17) is 0 Å². The molecule has 0 aromatic rings. The van der Waals surface area contributed by atoms with Crippen LogP contribution >= 0.6 is 11.8 Å². The Kier molecular flexibility index (Phi) is 6.93. The minimum atomic E-state index is -0.0415. The molecule has 0 saturated heterocycles. The Morgan fingerprint density at radius 2 is 1.79 bits per heavy atom. The third kappa shape index (κ3) is 5.65. The van der Waals surface area contributed by atoms with Gasteiger partial charge in [-0.25, -0.2) is 0 Å². The van der Waals surface area contributed by atoms with Crippen molar-refractivity contribution in [2.24, 2.45) is 0 Å². The standard InChI is InChI=1S/C11H17NOS/c1-9(11(13)12-3)7-5-6-8-10(2)14-4/h5-8H,1-4H3,(H,12,13)/b6-5-,9-7+,10-8+. The molecule has 1 amide bonds. The SMILES string of the molecule is CNC(=O)/C(C)=C/C=C\C=C(/C)SC. The second kappa shape index (κ2) is 7.44. The van der Waals surface area contributed by atoms with Gasteiger partial charge in [0.05, 0.1) is 0 Å². The van der Waals surface area contributed by atoms with Crippen molar-refractivity contribution in [3.63, 3.8) is 0 Å². The highest BCUT2D eigenvalue weighted by molar-refractivity contribution is 8.02. The van der Waals surface area contributed by atoms with Gasteiger partial charge < -0.3 is 5.32 Å². The minimum absolute atomic E-state index is 0.0415. The van der Waals surface area contributed by atoms with Gasteiger partial charge in [-0.15, -0.1) is 11.8 Å². The number of hydrogen-bond acceptors (Lipinski definition) is 2. The Hall–Kier alpha value is -0.960. The first-order valence-electron chi connectivity index (χ1n) is 4.39. The molecule has 0 bridgehead atoms. The fourth-order valence-corrected chi connectivity index (χ4v) is 0.947. The molecule has 0 atom stereocenters. The Bertz CT molecular complexity index is 277. The maximum atomic E-state index is 11.1. The Morgan fingerprint density at radius 1 is 1.21 bits per heavy atom. The molecule has 0 saturated carbocycles. The van der Waals surface area contributed by atoms with Crippen molar-refractivity contribution in [3.05, 3.63) is 34.8 Å². The first kappa shape index (κ1) is 13.0. The zero-order valence-corrected chi connectivity index (χ0v) is 9.94. The van der Waals surface area contributed by atoms with E-state index in [1.165, 1.54) is 4.91 Å². The van der Waals surface area contributed by atoms with Gasteiger partial charge in [0.25, 0.3) is 0 Å². The number of hydrogen-bond donors (Lipinski definition) is 1. The molecule has 0 fully saturated rings. The monoisotopic (exact) mass is 211 g/mol. The number of carbonyl (C=O) groups is 1. The van der Waals surface area contributed by atoms with Crippen molar-refractivity contribution < 1.29 is 4.79 Å². The summed E-state index contributed by atoms with van der Waals surface area (Å²) in [7, 11) is 1.63. The van der Waals surface area contributed by atoms with Gasteiger partial charge in [-0.2, -0.15) is 0 Å². The van der Waals surface area contributed by atoms with Crippen LogP contribution in [0, 0.1) is 0 Å². The minimum Gasteiger partial charge on any atom is -0.355 e. The second-order valence-corrected chi connectivity index (χ2v) is 3.85. The first-order chi connectivity index (χ1) is 6.61. The van der Waals surface area contributed by atoms with Gasteiger partial charge in [0.1, 0.15) is 0 Å². The van der Waals surface area contributed by atoms with Crippen molar-refractivity contribution in [3.8, 4) is 0 Å². The maximum absolute atomic E-state index is 11.1. The molecule has 1 N–H and O–H groups in total. The van der Waals surface area contributed by atoms with Gasteiger partial charge in [0, 0.05) is 12.6 Å². The third-order valence-electron chi connectivity index (χ3n) is 1.70. The summed E-state index contributed by atoms with van der Waals surface area (Å²) in [5.41, 5.74) is 0.707. The lowest BCUT2D eigenvalue weighted by atomic mass is 10.2. The highest BCUT2D eigenvalue weighted by Crippen LogP contribution is 2.08. The summed E-state index contributed by atoms with van der Waals surface area (Å²) in [4.78, 5) is 12.3. The Balaban J connectivity index is 4.22. The van der Waals surface area contributed by atoms with Crippen LogP contribution in [0.3, 0.4) is 0 Å². The normalized spacial score (nSPS) is 13.4. The molecule has 78 valence electrons. The van der Waals surface area contributed by atoms with Crippen molar-refractivity contribution in [1.29, 1.82) is 0 Å². The average Bonchev–Trinajstić information content (AvgIpc) is 2.22. The number of likely N-dealkylation sites (N-methyl/N-ethyl adjacent to an activating group) is 1. The summed E-state index contributed by atoms with van der Waals surface area (Å²) in [6.07, 6.45) is 9.63. The van der Waals surface area contributed by atoms with Gasteiger partial charge in [0.15, 0.2) is 0 Å². The Labute approximate surface area is 90.2 Å². The van der Waals surface area contributed by atoms with E-state index in [0.717, 1.165) is 0 Å². The van der Waals surface area contributed by atoms with E-state index < -0.39 is 0 Å². The molecule has 0 spiro atoms. The summed E-state index contributed by atoms with van der Waals surface area (Å²) >= 11 is 1.70. The number of thioether (sulfide) groups is 1. The van der Waals surface area contributed by atoms with Crippen molar-refractivity contribution in [2.45, 2.75) is 13.8 Å².